The Bertz CT molecular complexity index is 403. The van der Waals surface area contributed by atoms with Crippen LogP contribution in [0, 0.1) is 12.8 Å². The monoisotopic (exact) mass is 267 g/mol. The third-order valence-corrected chi connectivity index (χ3v) is 3.63. The minimum Gasteiger partial charge on any atom is -0.497 e. The van der Waals surface area contributed by atoms with Gasteiger partial charge in [0.2, 0.25) is 0 Å². The van der Waals surface area contributed by atoms with E-state index in [0.717, 1.165) is 29.0 Å². The van der Waals surface area contributed by atoms with Crippen molar-refractivity contribution in [1.29, 1.82) is 0 Å². The van der Waals surface area contributed by atoms with E-state index in [0.29, 0.717) is 0 Å². The van der Waals surface area contributed by atoms with E-state index in [4.69, 9.17) is 9.47 Å². The quantitative estimate of drug-likeness (QED) is 0.796. The van der Waals surface area contributed by atoms with Crippen molar-refractivity contribution in [1.82, 2.24) is 5.32 Å². The van der Waals surface area contributed by atoms with Crippen molar-refractivity contribution in [2.75, 3.05) is 27.9 Å². The number of aliphatic hydroxyl groups is 1. The number of aryl methyl sites for hydroxylation is 1. The lowest BCUT2D eigenvalue weighted by Crippen LogP contribution is -2.28. The Morgan fingerprint density at radius 3 is 2.37 bits per heavy atom. The highest BCUT2D eigenvalue weighted by atomic mass is 16.5. The summed E-state index contributed by atoms with van der Waals surface area (Å²) < 4.78 is 10.8. The van der Waals surface area contributed by atoms with Crippen molar-refractivity contribution in [2.24, 2.45) is 5.92 Å². The molecule has 4 nitrogen and oxygen atoms in total. The first-order valence-electron chi connectivity index (χ1n) is 6.63. The molecule has 2 atom stereocenters. The van der Waals surface area contributed by atoms with E-state index in [1.807, 2.05) is 26.1 Å². The van der Waals surface area contributed by atoms with Crippen LogP contribution in [-0.4, -0.2) is 33.0 Å². The molecular formula is C15H25NO3. The highest BCUT2D eigenvalue weighted by Gasteiger charge is 2.25. The van der Waals surface area contributed by atoms with Gasteiger partial charge in [-0.05, 0) is 32.0 Å². The molecule has 0 bridgehead atoms. The number of ether oxygens (including phenoxy) is 2. The number of aliphatic hydroxyl groups excluding tert-OH is 1. The van der Waals surface area contributed by atoms with Gasteiger partial charge in [0.25, 0.3) is 0 Å². The summed E-state index contributed by atoms with van der Waals surface area (Å²) in [4.78, 5) is 0. The molecule has 0 radical (unpaired) electrons. The number of nitrogens with one attached hydrogen (secondary N) is 1. The molecule has 108 valence electrons. The van der Waals surface area contributed by atoms with Crippen LogP contribution in [0.25, 0.3) is 0 Å². The fourth-order valence-electron chi connectivity index (χ4n) is 2.51. The Balaban J connectivity index is 3.29. The molecule has 0 heterocycles. The standard InChI is InChI=1S/C15H25NO3/c1-6-11(9-17)15(16-3)14-10(2)7-12(18-4)8-13(14)19-5/h7-8,11,15-17H,6,9H2,1-5H3. The van der Waals surface area contributed by atoms with Crippen LogP contribution in [0.5, 0.6) is 11.5 Å². The third-order valence-electron chi connectivity index (χ3n) is 3.63. The highest BCUT2D eigenvalue weighted by molar-refractivity contribution is 5.48. The lowest BCUT2D eigenvalue weighted by atomic mass is 9.88. The fraction of sp³-hybridized carbons (Fsp3) is 0.600. The molecule has 0 spiro atoms. The molecule has 1 rings (SSSR count). The van der Waals surface area contributed by atoms with Crippen molar-refractivity contribution < 1.29 is 14.6 Å². The molecule has 19 heavy (non-hydrogen) atoms. The second-order valence-electron chi connectivity index (χ2n) is 4.68. The Kier molecular flexibility index (Phi) is 6.12. The zero-order valence-electron chi connectivity index (χ0n) is 12.5. The van der Waals surface area contributed by atoms with E-state index in [9.17, 15) is 5.11 Å². The summed E-state index contributed by atoms with van der Waals surface area (Å²) in [6.45, 7) is 4.27. The molecule has 2 unspecified atom stereocenters. The van der Waals surface area contributed by atoms with Gasteiger partial charge in [-0.1, -0.05) is 6.92 Å². The van der Waals surface area contributed by atoms with Crippen LogP contribution in [-0.2, 0) is 0 Å². The zero-order valence-corrected chi connectivity index (χ0v) is 12.5. The summed E-state index contributed by atoms with van der Waals surface area (Å²) in [7, 11) is 5.21. The highest BCUT2D eigenvalue weighted by Crippen LogP contribution is 2.36. The summed E-state index contributed by atoms with van der Waals surface area (Å²) >= 11 is 0. The summed E-state index contributed by atoms with van der Waals surface area (Å²) in [5, 5.41) is 12.8. The van der Waals surface area contributed by atoms with Gasteiger partial charge in [-0.2, -0.15) is 0 Å². The van der Waals surface area contributed by atoms with E-state index in [2.05, 4.69) is 12.2 Å². The SMILES string of the molecule is CCC(CO)C(NC)c1c(C)cc(OC)cc1OC. The molecule has 0 amide bonds. The molecule has 0 fully saturated rings. The van der Waals surface area contributed by atoms with Crippen molar-refractivity contribution in [3.63, 3.8) is 0 Å². The van der Waals surface area contributed by atoms with Gasteiger partial charge < -0.3 is 19.9 Å². The average Bonchev–Trinajstić information content (AvgIpc) is 2.44. The summed E-state index contributed by atoms with van der Waals surface area (Å²) in [5.74, 6) is 1.74. The molecule has 0 saturated heterocycles. The molecule has 0 aliphatic heterocycles. The van der Waals surface area contributed by atoms with Gasteiger partial charge in [0.1, 0.15) is 11.5 Å². The fourth-order valence-corrected chi connectivity index (χ4v) is 2.51. The first kappa shape index (κ1) is 15.8. The van der Waals surface area contributed by atoms with Gasteiger partial charge in [0.05, 0.1) is 14.2 Å². The molecule has 1 aromatic carbocycles. The van der Waals surface area contributed by atoms with E-state index in [1.165, 1.54) is 0 Å². The Morgan fingerprint density at radius 2 is 1.95 bits per heavy atom. The molecular weight excluding hydrogens is 242 g/mol. The summed E-state index contributed by atoms with van der Waals surface area (Å²) in [6, 6.07) is 3.94. The molecule has 2 N–H and O–H groups in total. The van der Waals surface area contributed by atoms with Crippen molar-refractivity contribution in [2.45, 2.75) is 26.3 Å². The lowest BCUT2D eigenvalue weighted by molar-refractivity contribution is 0.187. The summed E-state index contributed by atoms with van der Waals surface area (Å²) in [5.41, 5.74) is 2.19. The number of rotatable bonds is 7. The van der Waals surface area contributed by atoms with Crippen molar-refractivity contribution >= 4 is 0 Å². The maximum Gasteiger partial charge on any atom is 0.127 e. The molecule has 0 aliphatic carbocycles. The molecule has 0 saturated carbocycles. The Morgan fingerprint density at radius 1 is 1.26 bits per heavy atom. The van der Waals surface area contributed by atoms with Crippen LogP contribution in [0.3, 0.4) is 0 Å². The molecule has 1 aromatic rings. The van der Waals surface area contributed by atoms with Crippen LogP contribution in [0.2, 0.25) is 0 Å². The first-order valence-corrected chi connectivity index (χ1v) is 6.63. The summed E-state index contributed by atoms with van der Waals surface area (Å²) in [6.07, 6.45) is 0.899. The normalized spacial score (nSPS) is 14.0. The van der Waals surface area contributed by atoms with Gasteiger partial charge in [0, 0.05) is 30.2 Å². The predicted octanol–water partition coefficient (Wildman–Crippen LogP) is 2.29. The second kappa shape index (κ2) is 7.36. The number of hydrogen-bond donors (Lipinski definition) is 2. The van der Waals surface area contributed by atoms with Crippen LogP contribution < -0.4 is 14.8 Å². The lowest BCUT2D eigenvalue weighted by Gasteiger charge is -2.28. The zero-order chi connectivity index (χ0) is 14.4. The smallest absolute Gasteiger partial charge is 0.127 e. The second-order valence-corrected chi connectivity index (χ2v) is 4.68. The average molecular weight is 267 g/mol. The maximum absolute atomic E-state index is 9.54. The van der Waals surface area contributed by atoms with E-state index in [1.54, 1.807) is 14.2 Å². The van der Waals surface area contributed by atoms with E-state index < -0.39 is 0 Å². The van der Waals surface area contributed by atoms with E-state index in [-0.39, 0.29) is 18.6 Å². The third kappa shape index (κ3) is 3.39. The van der Waals surface area contributed by atoms with Crippen LogP contribution in [0.1, 0.15) is 30.5 Å². The van der Waals surface area contributed by atoms with Crippen LogP contribution >= 0.6 is 0 Å². The van der Waals surface area contributed by atoms with Gasteiger partial charge in [-0.3, -0.25) is 0 Å². The largest absolute Gasteiger partial charge is 0.497 e. The maximum atomic E-state index is 9.54. The molecule has 0 aliphatic rings. The van der Waals surface area contributed by atoms with Crippen molar-refractivity contribution in [3.8, 4) is 11.5 Å². The number of methoxy groups -OCH3 is 2. The number of hydrogen-bond acceptors (Lipinski definition) is 4. The Labute approximate surface area is 115 Å². The van der Waals surface area contributed by atoms with Crippen LogP contribution in [0.4, 0.5) is 0 Å². The minimum atomic E-state index is 0.0656. The predicted molar refractivity (Wildman–Crippen MR) is 77.0 cm³/mol. The van der Waals surface area contributed by atoms with E-state index >= 15 is 0 Å². The molecule has 4 heteroatoms. The Hall–Kier alpha value is -1.26. The topological polar surface area (TPSA) is 50.7 Å². The van der Waals surface area contributed by atoms with Crippen LogP contribution in [0.15, 0.2) is 12.1 Å². The minimum absolute atomic E-state index is 0.0656. The van der Waals surface area contributed by atoms with Crippen molar-refractivity contribution in [3.05, 3.63) is 23.3 Å². The number of benzene rings is 1. The van der Waals surface area contributed by atoms with Gasteiger partial charge >= 0.3 is 0 Å². The van der Waals surface area contributed by atoms with Gasteiger partial charge in [0.15, 0.2) is 0 Å². The first-order chi connectivity index (χ1) is 9.12. The van der Waals surface area contributed by atoms with Gasteiger partial charge in [-0.15, -0.1) is 0 Å². The van der Waals surface area contributed by atoms with Gasteiger partial charge in [-0.25, -0.2) is 0 Å². The molecule has 0 aromatic heterocycles.